The lowest BCUT2D eigenvalue weighted by Crippen LogP contribution is -2.51. The molecule has 2 N–H and O–H groups in total. The summed E-state index contributed by atoms with van der Waals surface area (Å²) in [5, 5.41) is 21.0. The number of rotatable bonds is 6. The number of carbonyl (C=O) groups is 1. The number of anilines is 1. The van der Waals surface area contributed by atoms with Crippen molar-refractivity contribution >= 4 is 46.5 Å². The molecule has 0 unspecified atom stereocenters. The van der Waals surface area contributed by atoms with E-state index in [-0.39, 0.29) is 29.5 Å². The van der Waals surface area contributed by atoms with Crippen molar-refractivity contribution in [1.29, 1.82) is 5.26 Å². The maximum atomic E-state index is 14.8. The Bertz CT molecular complexity index is 1380. The monoisotopic (exact) mass is 599 g/mol. The van der Waals surface area contributed by atoms with Crippen LogP contribution in [0.25, 0.3) is 0 Å². The number of ether oxygens (including phenoxy) is 1. The maximum Gasteiger partial charge on any atom is 0.573 e. The zero-order valence-corrected chi connectivity index (χ0v) is 22.5. The maximum absolute atomic E-state index is 14.8. The van der Waals surface area contributed by atoms with Crippen LogP contribution in [0, 0.1) is 17.3 Å². The number of hydrazone groups is 1. The lowest BCUT2D eigenvalue weighted by Gasteiger charge is -2.25. The van der Waals surface area contributed by atoms with E-state index >= 15 is 0 Å². The first kappa shape index (κ1) is 29.4. The second-order valence-corrected chi connectivity index (χ2v) is 9.68. The highest BCUT2D eigenvalue weighted by Crippen LogP contribution is 2.30. The Hall–Kier alpha value is -3.60. The Morgan fingerprint density at radius 1 is 1.27 bits per heavy atom. The SMILES string of the molecule is CCN1CCC[C@@H]1C(=O)N[C@@H]1CN(C(=NC#N)Nc2cccc(OC(F)(F)F)c2F)N=C1c1ccc(Cl)c(Cl)c1. The van der Waals surface area contributed by atoms with Gasteiger partial charge in [0.2, 0.25) is 18.1 Å². The molecule has 0 saturated carbocycles. The molecule has 0 radical (unpaired) electrons. The first-order chi connectivity index (χ1) is 19.0. The molecule has 1 amide bonds. The molecule has 15 heteroatoms. The van der Waals surface area contributed by atoms with Gasteiger partial charge in [-0.3, -0.25) is 9.69 Å². The number of amides is 1. The van der Waals surface area contributed by atoms with Crippen molar-refractivity contribution in [3.05, 3.63) is 57.8 Å². The van der Waals surface area contributed by atoms with E-state index in [0.717, 1.165) is 31.2 Å². The lowest BCUT2D eigenvalue weighted by molar-refractivity contribution is -0.275. The minimum Gasteiger partial charge on any atom is -0.403 e. The Balaban J connectivity index is 1.64. The molecule has 0 bridgehead atoms. The summed E-state index contributed by atoms with van der Waals surface area (Å²) in [6, 6.07) is 6.81. The minimum atomic E-state index is -5.12. The highest BCUT2D eigenvalue weighted by molar-refractivity contribution is 6.42. The van der Waals surface area contributed by atoms with Crippen molar-refractivity contribution in [3.63, 3.8) is 0 Å². The minimum absolute atomic E-state index is 0.0337. The number of aliphatic imine (C=N–C) groups is 1. The number of nitriles is 1. The van der Waals surface area contributed by atoms with E-state index in [4.69, 9.17) is 23.2 Å². The largest absolute Gasteiger partial charge is 0.573 e. The molecule has 4 rings (SSSR count). The molecule has 0 aliphatic carbocycles. The van der Waals surface area contributed by atoms with Crippen LogP contribution in [-0.4, -0.2) is 65.6 Å². The van der Waals surface area contributed by atoms with Crippen LogP contribution in [0.15, 0.2) is 46.5 Å². The van der Waals surface area contributed by atoms with E-state index in [2.05, 4.69) is 30.4 Å². The molecule has 2 aliphatic rings. The van der Waals surface area contributed by atoms with Gasteiger partial charge in [0.25, 0.3) is 0 Å². The number of likely N-dealkylation sites (N-methyl/N-ethyl adjacent to an activating group) is 1. The predicted molar refractivity (Wildman–Crippen MR) is 142 cm³/mol. The highest BCUT2D eigenvalue weighted by atomic mass is 35.5. The van der Waals surface area contributed by atoms with Gasteiger partial charge in [0.15, 0.2) is 11.6 Å². The van der Waals surface area contributed by atoms with Crippen LogP contribution in [0.2, 0.25) is 10.0 Å². The van der Waals surface area contributed by atoms with Gasteiger partial charge in [0.05, 0.1) is 40.1 Å². The number of hydrogen-bond acceptors (Lipinski definition) is 6. The molecular weight excluding hydrogens is 577 g/mol. The van der Waals surface area contributed by atoms with Gasteiger partial charge >= 0.3 is 6.36 Å². The van der Waals surface area contributed by atoms with Gasteiger partial charge in [-0.2, -0.15) is 10.4 Å². The van der Waals surface area contributed by atoms with E-state index in [1.165, 1.54) is 5.01 Å². The topological polar surface area (TPSA) is 105 Å². The lowest BCUT2D eigenvalue weighted by atomic mass is 10.0. The van der Waals surface area contributed by atoms with Crippen LogP contribution in [0.5, 0.6) is 5.75 Å². The normalized spacial score (nSPS) is 19.8. The highest BCUT2D eigenvalue weighted by Gasteiger charge is 2.37. The number of carbonyl (C=O) groups excluding carboxylic acids is 1. The molecule has 0 aromatic heterocycles. The van der Waals surface area contributed by atoms with Crippen molar-refractivity contribution in [2.45, 2.75) is 38.2 Å². The van der Waals surface area contributed by atoms with Gasteiger partial charge in [-0.05, 0) is 50.2 Å². The van der Waals surface area contributed by atoms with Gasteiger partial charge in [-0.1, -0.05) is 42.3 Å². The van der Waals surface area contributed by atoms with Crippen LogP contribution in [0.3, 0.4) is 0 Å². The van der Waals surface area contributed by atoms with Gasteiger partial charge in [0, 0.05) is 5.56 Å². The van der Waals surface area contributed by atoms with Gasteiger partial charge in [-0.25, -0.2) is 9.40 Å². The molecule has 2 aromatic rings. The zero-order valence-electron chi connectivity index (χ0n) is 21.0. The van der Waals surface area contributed by atoms with Gasteiger partial charge < -0.3 is 15.4 Å². The number of nitrogens with zero attached hydrogens (tertiary/aromatic N) is 5. The number of guanidine groups is 1. The number of likely N-dealkylation sites (tertiary alicyclic amines) is 1. The average molecular weight is 600 g/mol. The standard InChI is InChI=1S/C25H23Cl2F4N7O2/c1-2-37-10-4-6-19(37)23(39)34-18-12-38(36-22(18)14-8-9-15(26)16(27)11-14)24(33-13-32)35-17-5-3-7-20(21(17)28)40-25(29,30)31/h3,5,7-9,11,18-19H,2,4,6,10,12H2,1H3,(H,33,35)(H,34,39)/t18-,19-/m1/s1. The van der Waals surface area contributed by atoms with Crippen molar-refractivity contribution in [1.82, 2.24) is 15.2 Å². The first-order valence-electron chi connectivity index (χ1n) is 12.1. The van der Waals surface area contributed by atoms with Crippen LogP contribution in [-0.2, 0) is 4.79 Å². The fraction of sp³-hybridized carbons (Fsp3) is 0.360. The molecule has 9 nitrogen and oxygen atoms in total. The molecule has 2 atom stereocenters. The molecule has 2 heterocycles. The molecule has 1 fully saturated rings. The summed E-state index contributed by atoms with van der Waals surface area (Å²) in [6.45, 7) is 3.43. The quantitative estimate of drug-likeness (QED) is 0.210. The number of hydrogen-bond donors (Lipinski definition) is 2. The number of alkyl halides is 3. The van der Waals surface area contributed by atoms with Crippen LogP contribution in [0.1, 0.15) is 25.3 Å². The Labute approximate surface area is 237 Å². The molecule has 212 valence electrons. The van der Waals surface area contributed by atoms with E-state index in [1.807, 2.05) is 6.92 Å². The first-order valence-corrected chi connectivity index (χ1v) is 12.9. The summed E-state index contributed by atoms with van der Waals surface area (Å²) in [5.41, 5.74) is 0.429. The van der Waals surface area contributed by atoms with Crippen molar-refractivity contribution in [2.75, 3.05) is 25.0 Å². The summed E-state index contributed by atoms with van der Waals surface area (Å²) >= 11 is 12.3. The Kier molecular flexibility index (Phi) is 9.02. The molecule has 0 spiro atoms. The second-order valence-electron chi connectivity index (χ2n) is 8.87. The van der Waals surface area contributed by atoms with Crippen molar-refractivity contribution in [2.24, 2.45) is 10.1 Å². The number of halogens is 6. The van der Waals surface area contributed by atoms with Gasteiger partial charge in [-0.15, -0.1) is 18.2 Å². The molecule has 2 aliphatic heterocycles. The number of benzene rings is 2. The summed E-state index contributed by atoms with van der Waals surface area (Å²) in [7, 11) is 0. The van der Waals surface area contributed by atoms with E-state index in [1.54, 1.807) is 24.4 Å². The third-order valence-electron chi connectivity index (χ3n) is 6.35. The van der Waals surface area contributed by atoms with E-state index < -0.39 is 29.7 Å². The fourth-order valence-corrected chi connectivity index (χ4v) is 4.86. The van der Waals surface area contributed by atoms with Crippen molar-refractivity contribution < 1.29 is 27.1 Å². The third kappa shape index (κ3) is 6.75. The predicted octanol–water partition coefficient (Wildman–Crippen LogP) is 4.97. The second kappa shape index (κ2) is 12.3. The van der Waals surface area contributed by atoms with Gasteiger partial charge in [0.1, 0.15) is 0 Å². The third-order valence-corrected chi connectivity index (χ3v) is 7.09. The zero-order chi connectivity index (χ0) is 29.0. The van der Waals surface area contributed by atoms with Crippen molar-refractivity contribution in [3.8, 4) is 11.9 Å². The fourth-order valence-electron chi connectivity index (χ4n) is 4.56. The average Bonchev–Trinajstić information content (AvgIpc) is 3.54. The summed E-state index contributed by atoms with van der Waals surface area (Å²) in [5.74, 6) is -2.94. The molecular formula is C25H23Cl2F4N7O2. The van der Waals surface area contributed by atoms with Crippen LogP contribution >= 0.6 is 23.2 Å². The summed E-state index contributed by atoms with van der Waals surface area (Å²) in [4.78, 5) is 18.9. The molecule has 1 saturated heterocycles. The van der Waals surface area contributed by atoms with E-state index in [9.17, 15) is 27.6 Å². The number of nitrogens with one attached hydrogen (secondary N) is 2. The molecule has 40 heavy (non-hydrogen) atoms. The Morgan fingerprint density at radius 2 is 2.05 bits per heavy atom. The van der Waals surface area contributed by atoms with E-state index in [0.29, 0.717) is 29.3 Å². The smallest absolute Gasteiger partial charge is 0.403 e. The van der Waals surface area contributed by atoms with Crippen LogP contribution < -0.4 is 15.4 Å². The Morgan fingerprint density at radius 3 is 2.73 bits per heavy atom. The van der Waals surface area contributed by atoms with Crippen LogP contribution in [0.4, 0.5) is 23.2 Å². The summed E-state index contributed by atoms with van der Waals surface area (Å²) < 4.78 is 56.6. The molecule has 2 aromatic carbocycles. The summed E-state index contributed by atoms with van der Waals surface area (Å²) in [6.07, 6.45) is -1.98.